The molecule has 0 aliphatic carbocycles. The Balaban J connectivity index is 1.74. The third-order valence-electron chi connectivity index (χ3n) is 5.87. The molecule has 1 aromatic heterocycles. The van der Waals surface area contributed by atoms with Gasteiger partial charge in [0.2, 0.25) is 5.43 Å². The Hall–Kier alpha value is -3.37. The van der Waals surface area contributed by atoms with E-state index in [2.05, 4.69) is 6.92 Å². The average molecular weight is 475 g/mol. The first-order chi connectivity index (χ1) is 16.5. The molecule has 0 N–H and O–H groups in total. The summed E-state index contributed by atoms with van der Waals surface area (Å²) in [6.07, 6.45) is 6.42. The summed E-state index contributed by atoms with van der Waals surface area (Å²) >= 11 is 5.99. The Morgan fingerprint density at radius 1 is 1.00 bits per heavy atom. The van der Waals surface area contributed by atoms with Gasteiger partial charge in [0.15, 0.2) is 0 Å². The highest BCUT2D eigenvalue weighted by Gasteiger charge is 2.17. The highest BCUT2D eigenvalue weighted by Crippen LogP contribution is 2.29. The number of ether oxygens (including phenoxy) is 1. The highest BCUT2D eigenvalue weighted by atomic mass is 35.5. The molecule has 4 aromatic rings. The number of esters is 1. The number of hydrogen-bond donors (Lipinski definition) is 0. The second-order valence-electron chi connectivity index (χ2n) is 8.51. The maximum Gasteiger partial charge on any atom is 0.343 e. The summed E-state index contributed by atoms with van der Waals surface area (Å²) < 4.78 is 11.6. The molecule has 0 spiro atoms. The monoisotopic (exact) mass is 474 g/mol. The lowest BCUT2D eigenvalue weighted by atomic mass is 10.0. The van der Waals surface area contributed by atoms with Crippen molar-refractivity contribution in [1.82, 2.24) is 0 Å². The number of benzene rings is 3. The Morgan fingerprint density at radius 3 is 2.53 bits per heavy atom. The molecule has 174 valence electrons. The van der Waals surface area contributed by atoms with Crippen molar-refractivity contribution in [2.24, 2.45) is 0 Å². The van der Waals surface area contributed by atoms with Gasteiger partial charge in [-0.05, 0) is 61.2 Å². The second kappa shape index (κ2) is 10.7. The van der Waals surface area contributed by atoms with Crippen LogP contribution < -0.4 is 10.2 Å². The van der Waals surface area contributed by atoms with Crippen molar-refractivity contribution in [2.75, 3.05) is 0 Å². The molecule has 0 amide bonds. The Morgan fingerprint density at radius 2 is 1.79 bits per heavy atom. The smallest absolute Gasteiger partial charge is 0.343 e. The first-order valence-electron chi connectivity index (χ1n) is 11.6. The Kier molecular flexibility index (Phi) is 7.49. The predicted octanol–water partition coefficient (Wildman–Crippen LogP) is 7.76. The summed E-state index contributed by atoms with van der Waals surface area (Å²) in [5, 5.41) is 1.07. The van der Waals surface area contributed by atoms with Crippen LogP contribution in [0.1, 0.15) is 54.1 Å². The number of unbranched alkanes of at least 4 members (excludes halogenated alkanes) is 3. The maximum absolute atomic E-state index is 13.3. The van der Waals surface area contributed by atoms with E-state index in [1.807, 2.05) is 25.1 Å². The summed E-state index contributed by atoms with van der Waals surface area (Å²) in [4.78, 5) is 26.2. The van der Waals surface area contributed by atoms with Gasteiger partial charge in [-0.25, -0.2) is 4.79 Å². The van der Waals surface area contributed by atoms with Gasteiger partial charge in [0.1, 0.15) is 17.6 Å². The summed E-state index contributed by atoms with van der Waals surface area (Å²) in [6, 6.07) is 17.8. The lowest BCUT2D eigenvalue weighted by Gasteiger charge is -2.12. The van der Waals surface area contributed by atoms with Crippen LogP contribution >= 0.6 is 11.6 Å². The lowest BCUT2D eigenvalue weighted by molar-refractivity contribution is 0.0733. The van der Waals surface area contributed by atoms with Gasteiger partial charge in [0, 0.05) is 11.1 Å². The van der Waals surface area contributed by atoms with E-state index in [9.17, 15) is 9.59 Å². The summed E-state index contributed by atoms with van der Waals surface area (Å²) in [5.74, 6) is -0.00381. The molecule has 0 radical (unpaired) electrons. The normalized spacial score (nSPS) is 11.0. The van der Waals surface area contributed by atoms with Gasteiger partial charge in [0.05, 0.1) is 16.5 Å². The molecule has 3 aromatic carbocycles. The molecule has 4 rings (SSSR count). The standard InChI is InChI=1S/C29H27ClO4/c1-3-4-5-6-9-21-16-24-27(17-26(21)34-29(32)22-10-7-8-19(2)15-22)33-18-25(28(24)31)20-11-13-23(30)14-12-20/h7-8,10-18H,3-6,9H2,1-2H3. The van der Waals surface area contributed by atoms with E-state index in [0.717, 1.165) is 42.4 Å². The topological polar surface area (TPSA) is 56.5 Å². The molecular formula is C29H27ClO4. The van der Waals surface area contributed by atoms with Crippen LogP contribution in [0.25, 0.3) is 22.1 Å². The van der Waals surface area contributed by atoms with Gasteiger partial charge >= 0.3 is 5.97 Å². The van der Waals surface area contributed by atoms with E-state index in [1.54, 1.807) is 42.5 Å². The van der Waals surface area contributed by atoms with Gasteiger partial charge in [-0.1, -0.05) is 67.6 Å². The first-order valence-corrected chi connectivity index (χ1v) is 12.0. The second-order valence-corrected chi connectivity index (χ2v) is 8.95. The minimum absolute atomic E-state index is 0.130. The van der Waals surface area contributed by atoms with Crippen molar-refractivity contribution >= 4 is 28.5 Å². The molecule has 4 nitrogen and oxygen atoms in total. The molecule has 0 fully saturated rings. The fraction of sp³-hybridized carbons (Fsp3) is 0.241. The van der Waals surface area contributed by atoms with Gasteiger partial charge in [-0.3, -0.25) is 4.79 Å². The van der Waals surface area contributed by atoms with E-state index in [1.165, 1.54) is 6.26 Å². The Labute approximate surface area is 204 Å². The molecule has 1 heterocycles. The zero-order chi connectivity index (χ0) is 24.1. The molecule has 0 saturated carbocycles. The van der Waals surface area contributed by atoms with Crippen LogP contribution in [0, 0.1) is 6.92 Å². The number of carbonyl (C=O) groups excluding carboxylic acids is 1. The lowest BCUT2D eigenvalue weighted by Crippen LogP contribution is -2.11. The van der Waals surface area contributed by atoms with Crippen molar-refractivity contribution in [3.05, 3.63) is 98.9 Å². The number of hydrogen-bond acceptors (Lipinski definition) is 4. The first kappa shape index (κ1) is 23.8. The van der Waals surface area contributed by atoms with Crippen LogP contribution in [0.5, 0.6) is 5.75 Å². The van der Waals surface area contributed by atoms with Gasteiger partial charge in [-0.15, -0.1) is 0 Å². The zero-order valence-electron chi connectivity index (χ0n) is 19.4. The van der Waals surface area contributed by atoms with Crippen LogP contribution in [-0.4, -0.2) is 5.97 Å². The fourth-order valence-electron chi connectivity index (χ4n) is 3.99. The van der Waals surface area contributed by atoms with Crippen molar-refractivity contribution in [2.45, 2.75) is 46.0 Å². The minimum atomic E-state index is -0.432. The zero-order valence-corrected chi connectivity index (χ0v) is 20.2. The highest BCUT2D eigenvalue weighted by molar-refractivity contribution is 6.30. The number of halogens is 1. The quantitative estimate of drug-likeness (QED) is 0.149. The number of rotatable bonds is 8. The summed E-state index contributed by atoms with van der Waals surface area (Å²) in [5.41, 5.74) is 3.74. The maximum atomic E-state index is 13.3. The van der Waals surface area contributed by atoms with Crippen LogP contribution in [0.15, 0.2) is 76.1 Å². The number of carbonyl (C=O) groups is 1. The van der Waals surface area contributed by atoms with Crippen molar-refractivity contribution in [1.29, 1.82) is 0 Å². The molecule has 0 aliphatic rings. The average Bonchev–Trinajstić information content (AvgIpc) is 2.83. The van der Waals surface area contributed by atoms with E-state index < -0.39 is 5.97 Å². The molecule has 0 saturated heterocycles. The fourth-order valence-corrected chi connectivity index (χ4v) is 4.12. The van der Waals surface area contributed by atoms with Gasteiger partial charge in [-0.2, -0.15) is 0 Å². The van der Waals surface area contributed by atoms with Crippen LogP contribution in [0.3, 0.4) is 0 Å². The molecule has 5 heteroatoms. The summed E-state index contributed by atoms with van der Waals surface area (Å²) in [6.45, 7) is 4.09. The summed E-state index contributed by atoms with van der Waals surface area (Å²) in [7, 11) is 0. The number of fused-ring (bicyclic) bond motifs is 1. The molecule has 0 unspecified atom stereocenters. The van der Waals surface area contributed by atoms with Crippen LogP contribution in [0.2, 0.25) is 5.02 Å². The predicted molar refractivity (Wildman–Crippen MR) is 137 cm³/mol. The molecule has 0 aliphatic heterocycles. The van der Waals surface area contributed by atoms with E-state index in [4.69, 9.17) is 20.8 Å². The van der Waals surface area contributed by atoms with Gasteiger partial charge < -0.3 is 9.15 Å². The van der Waals surface area contributed by atoms with E-state index in [0.29, 0.717) is 39.3 Å². The molecule has 0 atom stereocenters. The molecule has 34 heavy (non-hydrogen) atoms. The van der Waals surface area contributed by atoms with E-state index >= 15 is 0 Å². The van der Waals surface area contributed by atoms with Crippen molar-refractivity contribution in [3.8, 4) is 16.9 Å². The van der Waals surface area contributed by atoms with Crippen molar-refractivity contribution in [3.63, 3.8) is 0 Å². The Bertz CT molecular complexity index is 1370. The van der Waals surface area contributed by atoms with Gasteiger partial charge in [0.25, 0.3) is 0 Å². The minimum Gasteiger partial charge on any atom is -0.463 e. The number of aryl methyl sites for hydroxylation is 2. The van der Waals surface area contributed by atoms with Crippen LogP contribution in [0.4, 0.5) is 0 Å². The third-order valence-corrected chi connectivity index (χ3v) is 6.12. The molecule has 0 bridgehead atoms. The van der Waals surface area contributed by atoms with Crippen LogP contribution in [-0.2, 0) is 6.42 Å². The largest absolute Gasteiger partial charge is 0.463 e. The molecular weight excluding hydrogens is 448 g/mol. The van der Waals surface area contributed by atoms with E-state index in [-0.39, 0.29) is 5.43 Å². The SMILES string of the molecule is CCCCCCc1cc2c(=O)c(-c3ccc(Cl)cc3)coc2cc1OC(=O)c1cccc(C)c1. The van der Waals surface area contributed by atoms with Crippen molar-refractivity contribution < 1.29 is 13.9 Å². The third kappa shape index (κ3) is 5.40.